The first-order chi connectivity index (χ1) is 8.61. The van der Waals surface area contributed by atoms with E-state index in [9.17, 15) is 22.4 Å². The van der Waals surface area contributed by atoms with Crippen molar-refractivity contribution in [3.63, 3.8) is 0 Å². The molecular weight excluding hydrogens is 334 g/mol. The first kappa shape index (κ1) is 15.7. The minimum absolute atomic E-state index is 0.186. The van der Waals surface area contributed by atoms with Gasteiger partial charge in [-0.3, -0.25) is 0 Å². The molecule has 8 heteroatoms. The highest BCUT2D eigenvalue weighted by Crippen LogP contribution is 2.29. The highest BCUT2D eigenvalue weighted by molar-refractivity contribution is 9.10. The maximum atomic E-state index is 13.8. The molecule has 1 aromatic rings. The number of carboxylic acid groups (broad SMARTS) is 1. The summed E-state index contributed by atoms with van der Waals surface area (Å²) in [5, 5.41) is 11.1. The standard InChI is InChI=1S/C11H10BrF4NO2/c1-5(4-11(14,15)16)17-7-3-2-6(10(18)19)8(12)9(7)13/h2-3,5,17H,4H2,1H3,(H,18,19). The summed E-state index contributed by atoms with van der Waals surface area (Å²) in [5.41, 5.74) is -0.486. The van der Waals surface area contributed by atoms with E-state index in [1.807, 2.05) is 0 Å². The Kier molecular flexibility index (Phi) is 4.78. The van der Waals surface area contributed by atoms with Crippen LogP contribution in [0.1, 0.15) is 23.7 Å². The third kappa shape index (κ3) is 4.38. The summed E-state index contributed by atoms with van der Waals surface area (Å²) >= 11 is 2.76. The van der Waals surface area contributed by atoms with Crippen LogP contribution in [0.2, 0.25) is 0 Å². The Morgan fingerprint density at radius 2 is 2.05 bits per heavy atom. The second kappa shape index (κ2) is 5.77. The van der Waals surface area contributed by atoms with Gasteiger partial charge in [0.15, 0.2) is 5.82 Å². The molecule has 1 atom stereocenters. The molecule has 2 N–H and O–H groups in total. The summed E-state index contributed by atoms with van der Waals surface area (Å²) in [4.78, 5) is 10.7. The molecule has 0 aliphatic carbocycles. The van der Waals surface area contributed by atoms with Gasteiger partial charge in [-0.05, 0) is 35.0 Å². The van der Waals surface area contributed by atoms with Crippen molar-refractivity contribution in [2.45, 2.75) is 25.6 Å². The van der Waals surface area contributed by atoms with E-state index in [0.717, 1.165) is 12.1 Å². The van der Waals surface area contributed by atoms with Crippen molar-refractivity contribution in [3.8, 4) is 0 Å². The maximum Gasteiger partial charge on any atom is 0.391 e. The second-order valence-corrected chi connectivity index (χ2v) is 4.75. The molecule has 0 aromatic heterocycles. The summed E-state index contributed by atoms with van der Waals surface area (Å²) in [7, 11) is 0. The first-order valence-corrected chi connectivity index (χ1v) is 5.95. The van der Waals surface area contributed by atoms with Crippen LogP contribution in [-0.2, 0) is 0 Å². The van der Waals surface area contributed by atoms with Crippen molar-refractivity contribution in [1.82, 2.24) is 0 Å². The number of carboxylic acids is 1. The monoisotopic (exact) mass is 343 g/mol. The molecule has 0 bridgehead atoms. The molecule has 1 unspecified atom stereocenters. The van der Waals surface area contributed by atoms with Crippen molar-refractivity contribution >= 4 is 27.6 Å². The summed E-state index contributed by atoms with van der Waals surface area (Å²) in [6, 6.07) is 1.17. The largest absolute Gasteiger partial charge is 0.478 e. The molecule has 0 saturated carbocycles. The topological polar surface area (TPSA) is 49.3 Å². The molecular formula is C11H10BrF4NO2. The van der Waals surface area contributed by atoms with Gasteiger partial charge in [0.05, 0.1) is 22.1 Å². The van der Waals surface area contributed by atoms with Gasteiger partial charge in [0, 0.05) is 6.04 Å². The van der Waals surface area contributed by atoms with Crippen LogP contribution in [0, 0.1) is 5.82 Å². The molecule has 19 heavy (non-hydrogen) atoms. The van der Waals surface area contributed by atoms with E-state index in [-0.39, 0.29) is 15.7 Å². The van der Waals surface area contributed by atoms with Crippen LogP contribution in [0.4, 0.5) is 23.2 Å². The number of hydrogen-bond acceptors (Lipinski definition) is 2. The minimum atomic E-state index is -4.36. The third-order valence-corrected chi connectivity index (χ3v) is 3.03. The highest BCUT2D eigenvalue weighted by atomic mass is 79.9. The Bertz CT molecular complexity index is 490. The van der Waals surface area contributed by atoms with Crippen molar-refractivity contribution in [1.29, 1.82) is 0 Å². The zero-order chi connectivity index (χ0) is 14.8. The van der Waals surface area contributed by atoms with Crippen LogP contribution >= 0.6 is 15.9 Å². The van der Waals surface area contributed by atoms with Gasteiger partial charge in [0.2, 0.25) is 0 Å². The number of aromatic carboxylic acids is 1. The average Bonchev–Trinajstić information content (AvgIpc) is 2.21. The molecule has 0 radical (unpaired) electrons. The Labute approximate surface area is 114 Å². The zero-order valence-corrected chi connectivity index (χ0v) is 11.3. The van der Waals surface area contributed by atoms with Crippen molar-refractivity contribution in [2.75, 3.05) is 5.32 Å². The number of carbonyl (C=O) groups is 1. The quantitative estimate of drug-likeness (QED) is 0.811. The normalized spacial score (nSPS) is 13.2. The number of rotatable bonds is 4. The van der Waals surface area contributed by atoms with Gasteiger partial charge in [0.25, 0.3) is 0 Å². The first-order valence-electron chi connectivity index (χ1n) is 5.16. The summed E-state index contributed by atoms with van der Waals surface area (Å²) in [6.45, 7) is 1.26. The number of alkyl halides is 3. The predicted octanol–water partition coefficient (Wildman–Crippen LogP) is 4.04. The third-order valence-electron chi connectivity index (χ3n) is 2.25. The van der Waals surface area contributed by atoms with Gasteiger partial charge in [-0.1, -0.05) is 0 Å². The van der Waals surface area contributed by atoms with Gasteiger partial charge >= 0.3 is 12.1 Å². The number of anilines is 1. The van der Waals surface area contributed by atoms with Gasteiger partial charge < -0.3 is 10.4 Å². The molecule has 106 valence electrons. The van der Waals surface area contributed by atoms with Gasteiger partial charge in [0.1, 0.15) is 0 Å². The van der Waals surface area contributed by atoms with Crippen LogP contribution in [0.15, 0.2) is 16.6 Å². The number of hydrogen-bond donors (Lipinski definition) is 2. The van der Waals surface area contributed by atoms with E-state index in [4.69, 9.17) is 5.11 Å². The van der Waals surface area contributed by atoms with Crippen molar-refractivity contribution < 1.29 is 27.5 Å². The van der Waals surface area contributed by atoms with E-state index >= 15 is 0 Å². The fourth-order valence-corrected chi connectivity index (χ4v) is 2.01. The Morgan fingerprint density at radius 3 is 2.53 bits per heavy atom. The Balaban J connectivity index is 2.92. The lowest BCUT2D eigenvalue weighted by molar-refractivity contribution is -0.136. The van der Waals surface area contributed by atoms with Crippen LogP contribution in [0.3, 0.4) is 0 Å². The highest BCUT2D eigenvalue weighted by Gasteiger charge is 2.30. The van der Waals surface area contributed by atoms with Gasteiger partial charge in [-0.15, -0.1) is 0 Å². The molecule has 1 aromatic carbocycles. The summed E-state index contributed by atoms with van der Waals surface area (Å²) < 4.78 is 49.9. The SMILES string of the molecule is CC(CC(F)(F)F)Nc1ccc(C(=O)O)c(Br)c1F. The van der Waals surface area contributed by atoms with Crippen LogP contribution < -0.4 is 5.32 Å². The number of halogens is 5. The molecule has 0 amide bonds. The van der Waals surface area contributed by atoms with Gasteiger partial charge in [-0.25, -0.2) is 9.18 Å². The molecule has 0 saturated heterocycles. The lowest BCUT2D eigenvalue weighted by Crippen LogP contribution is -2.24. The van der Waals surface area contributed by atoms with Crippen LogP contribution in [0.5, 0.6) is 0 Å². The maximum absolute atomic E-state index is 13.8. The van der Waals surface area contributed by atoms with Crippen molar-refractivity contribution in [3.05, 3.63) is 28.0 Å². The molecule has 0 heterocycles. The number of benzene rings is 1. The average molecular weight is 344 g/mol. The Morgan fingerprint density at radius 1 is 1.47 bits per heavy atom. The fraction of sp³-hybridized carbons (Fsp3) is 0.364. The van der Waals surface area contributed by atoms with E-state index in [2.05, 4.69) is 21.2 Å². The predicted molar refractivity (Wildman–Crippen MR) is 64.8 cm³/mol. The zero-order valence-electron chi connectivity index (χ0n) is 9.68. The molecule has 0 aliphatic rings. The van der Waals surface area contributed by atoms with Crippen LogP contribution in [-0.4, -0.2) is 23.3 Å². The lowest BCUT2D eigenvalue weighted by Gasteiger charge is -2.18. The molecule has 1 rings (SSSR count). The Hall–Kier alpha value is -1.31. The van der Waals surface area contributed by atoms with Gasteiger partial charge in [-0.2, -0.15) is 13.2 Å². The smallest absolute Gasteiger partial charge is 0.391 e. The number of nitrogens with one attached hydrogen (secondary N) is 1. The van der Waals surface area contributed by atoms with E-state index in [1.165, 1.54) is 6.92 Å². The molecule has 0 spiro atoms. The van der Waals surface area contributed by atoms with Crippen molar-refractivity contribution in [2.24, 2.45) is 0 Å². The lowest BCUT2D eigenvalue weighted by atomic mass is 10.1. The molecule has 0 fully saturated rings. The summed E-state index contributed by atoms with van der Waals surface area (Å²) in [6.07, 6.45) is -5.48. The molecule has 0 aliphatic heterocycles. The molecule has 3 nitrogen and oxygen atoms in total. The summed E-state index contributed by atoms with van der Waals surface area (Å²) in [5.74, 6) is -2.27. The fourth-order valence-electron chi connectivity index (χ4n) is 1.49. The second-order valence-electron chi connectivity index (χ2n) is 3.96. The minimum Gasteiger partial charge on any atom is -0.478 e. The van der Waals surface area contributed by atoms with E-state index in [0.29, 0.717) is 0 Å². The van der Waals surface area contributed by atoms with E-state index < -0.39 is 30.4 Å². The van der Waals surface area contributed by atoms with E-state index in [1.54, 1.807) is 0 Å². The van der Waals surface area contributed by atoms with Crippen LogP contribution in [0.25, 0.3) is 0 Å².